The van der Waals surface area contributed by atoms with E-state index in [2.05, 4.69) is 10.2 Å². The SMILES string of the molecule is O=C1NC(=O)c2c(OO)ccc3cccc1c23. The van der Waals surface area contributed by atoms with Crippen molar-refractivity contribution in [3.8, 4) is 5.75 Å². The zero-order valence-electron chi connectivity index (χ0n) is 8.56. The zero-order valence-corrected chi connectivity index (χ0v) is 8.56. The normalized spacial score (nSPS) is 13.7. The standard InChI is InChI=1S/C12H7NO4/c14-11-7-3-1-2-6-4-5-8(17-16)10(9(6)7)12(15)13-11/h1-5,16H,(H,13,14,15). The van der Waals surface area contributed by atoms with Crippen molar-refractivity contribution in [2.75, 3.05) is 0 Å². The van der Waals surface area contributed by atoms with Crippen LogP contribution in [-0.2, 0) is 0 Å². The molecule has 0 saturated heterocycles. The molecule has 0 atom stereocenters. The minimum atomic E-state index is -0.566. The minimum Gasteiger partial charge on any atom is -0.339 e. The van der Waals surface area contributed by atoms with Gasteiger partial charge in [0.25, 0.3) is 11.8 Å². The fraction of sp³-hybridized carbons (Fsp3) is 0. The highest BCUT2D eigenvalue weighted by Crippen LogP contribution is 2.32. The Hall–Kier alpha value is -2.40. The number of benzene rings is 2. The van der Waals surface area contributed by atoms with Gasteiger partial charge >= 0.3 is 0 Å². The van der Waals surface area contributed by atoms with Gasteiger partial charge in [-0.2, -0.15) is 0 Å². The summed E-state index contributed by atoms with van der Waals surface area (Å²) in [4.78, 5) is 27.6. The molecule has 2 aromatic carbocycles. The predicted octanol–water partition coefficient (Wildman–Crippen LogP) is 1.58. The van der Waals surface area contributed by atoms with Crippen LogP contribution in [0.2, 0.25) is 0 Å². The lowest BCUT2D eigenvalue weighted by Crippen LogP contribution is -2.35. The van der Waals surface area contributed by atoms with Crippen molar-refractivity contribution in [3.05, 3.63) is 41.5 Å². The fourth-order valence-corrected chi connectivity index (χ4v) is 2.08. The molecule has 5 nitrogen and oxygen atoms in total. The highest BCUT2D eigenvalue weighted by atomic mass is 17.1. The molecule has 1 aliphatic rings. The minimum absolute atomic E-state index is 0.0370. The van der Waals surface area contributed by atoms with E-state index >= 15 is 0 Å². The Labute approximate surface area is 95.5 Å². The Balaban J connectivity index is 2.53. The van der Waals surface area contributed by atoms with E-state index in [0.717, 1.165) is 5.39 Å². The molecule has 0 aromatic heterocycles. The molecular weight excluding hydrogens is 222 g/mol. The lowest BCUT2D eigenvalue weighted by molar-refractivity contribution is -0.137. The molecule has 84 valence electrons. The van der Waals surface area contributed by atoms with Crippen LogP contribution in [0.5, 0.6) is 5.75 Å². The summed E-state index contributed by atoms with van der Waals surface area (Å²) < 4.78 is 0. The molecule has 0 unspecified atom stereocenters. The Kier molecular flexibility index (Phi) is 1.90. The molecule has 0 fully saturated rings. The molecule has 2 N–H and O–H groups in total. The average Bonchev–Trinajstić information content (AvgIpc) is 2.35. The zero-order chi connectivity index (χ0) is 12.0. The lowest BCUT2D eigenvalue weighted by Gasteiger charge is -2.17. The number of hydrogen-bond acceptors (Lipinski definition) is 4. The Morgan fingerprint density at radius 1 is 1.06 bits per heavy atom. The molecular formula is C12H7NO4. The van der Waals surface area contributed by atoms with Gasteiger partial charge in [0, 0.05) is 10.9 Å². The third-order valence-corrected chi connectivity index (χ3v) is 2.80. The first-order valence-corrected chi connectivity index (χ1v) is 4.95. The van der Waals surface area contributed by atoms with Crippen molar-refractivity contribution in [1.29, 1.82) is 0 Å². The van der Waals surface area contributed by atoms with Gasteiger partial charge in [-0.05, 0) is 17.5 Å². The van der Waals surface area contributed by atoms with Crippen LogP contribution in [-0.4, -0.2) is 17.1 Å². The third-order valence-electron chi connectivity index (χ3n) is 2.80. The topological polar surface area (TPSA) is 75.6 Å². The quantitative estimate of drug-likeness (QED) is 0.442. The number of amides is 2. The van der Waals surface area contributed by atoms with Crippen LogP contribution in [0, 0.1) is 0 Å². The summed E-state index contributed by atoms with van der Waals surface area (Å²) in [5.41, 5.74) is 0.580. The number of rotatable bonds is 1. The van der Waals surface area contributed by atoms with Crippen molar-refractivity contribution in [1.82, 2.24) is 5.32 Å². The molecule has 2 aromatic rings. The number of nitrogens with one attached hydrogen (secondary N) is 1. The number of carbonyl (C=O) groups excluding carboxylic acids is 2. The summed E-state index contributed by atoms with van der Waals surface area (Å²) >= 11 is 0. The van der Waals surface area contributed by atoms with Crippen LogP contribution in [0.3, 0.4) is 0 Å². The number of hydrogen-bond donors (Lipinski definition) is 2. The molecule has 1 heterocycles. The van der Waals surface area contributed by atoms with Crippen LogP contribution in [0.1, 0.15) is 20.7 Å². The van der Waals surface area contributed by atoms with Crippen molar-refractivity contribution < 1.29 is 19.7 Å². The Morgan fingerprint density at radius 3 is 2.65 bits per heavy atom. The smallest absolute Gasteiger partial charge is 0.262 e. The first-order valence-electron chi connectivity index (χ1n) is 4.95. The number of imide groups is 1. The second-order valence-electron chi connectivity index (χ2n) is 3.72. The van der Waals surface area contributed by atoms with Crippen molar-refractivity contribution >= 4 is 22.6 Å². The summed E-state index contributed by atoms with van der Waals surface area (Å²) in [5.74, 6) is -0.971. The van der Waals surface area contributed by atoms with E-state index in [4.69, 9.17) is 5.26 Å². The van der Waals surface area contributed by atoms with E-state index < -0.39 is 11.8 Å². The van der Waals surface area contributed by atoms with E-state index in [9.17, 15) is 9.59 Å². The molecule has 0 spiro atoms. The van der Waals surface area contributed by atoms with Crippen molar-refractivity contribution in [2.24, 2.45) is 0 Å². The second kappa shape index (κ2) is 3.29. The van der Waals surface area contributed by atoms with E-state index in [-0.39, 0.29) is 11.3 Å². The van der Waals surface area contributed by atoms with Gasteiger partial charge < -0.3 is 4.89 Å². The van der Waals surface area contributed by atoms with Crippen LogP contribution in [0.25, 0.3) is 10.8 Å². The van der Waals surface area contributed by atoms with Crippen LogP contribution in [0.15, 0.2) is 30.3 Å². The number of carbonyl (C=O) groups is 2. The highest BCUT2D eigenvalue weighted by molar-refractivity contribution is 6.26. The molecule has 5 heteroatoms. The maximum Gasteiger partial charge on any atom is 0.262 e. The van der Waals surface area contributed by atoms with Gasteiger partial charge in [0.1, 0.15) is 0 Å². The molecule has 0 radical (unpaired) electrons. The molecule has 17 heavy (non-hydrogen) atoms. The highest BCUT2D eigenvalue weighted by Gasteiger charge is 2.28. The first-order chi connectivity index (χ1) is 8.22. The van der Waals surface area contributed by atoms with Gasteiger partial charge in [-0.25, -0.2) is 5.26 Å². The summed E-state index contributed by atoms with van der Waals surface area (Å²) in [6.45, 7) is 0. The van der Waals surface area contributed by atoms with E-state index in [1.807, 2.05) is 0 Å². The van der Waals surface area contributed by atoms with Crippen LogP contribution >= 0.6 is 0 Å². The van der Waals surface area contributed by atoms with Crippen molar-refractivity contribution in [3.63, 3.8) is 0 Å². The van der Waals surface area contributed by atoms with Gasteiger partial charge in [0.05, 0.1) is 5.56 Å². The van der Waals surface area contributed by atoms with Gasteiger partial charge in [-0.3, -0.25) is 14.9 Å². The van der Waals surface area contributed by atoms with Crippen LogP contribution < -0.4 is 10.2 Å². The monoisotopic (exact) mass is 229 g/mol. The molecule has 3 rings (SSSR count). The van der Waals surface area contributed by atoms with Crippen LogP contribution in [0.4, 0.5) is 0 Å². The fourth-order valence-electron chi connectivity index (χ4n) is 2.08. The molecule has 2 amide bonds. The summed E-state index contributed by atoms with van der Waals surface area (Å²) in [5, 5.41) is 12.2. The molecule has 1 aliphatic heterocycles. The maximum atomic E-state index is 11.7. The van der Waals surface area contributed by atoms with E-state index in [1.54, 1.807) is 24.3 Å². The van der Waals surface area contributed by atoms with Gasteiger partial charge in [-0.15, -0.1) is 0 Å². The largest absolute Gasteiger partial charge is 0.339 e. The Bertz CT molecular complexity index is 663. The third kappa shape index (κ3) is 1.23. The molecule has 0 saturated carbocycles. The average molecular weight is 229 g/mol. The summed E-state index contributed by atoms with van der Waals surface area (Å²) in [6, 6.07) is 8.30. The maximum absolute atomic E-state index is 11.7. The molecule has 0 bridgehead atoms. The van der Waals surface area contributed by atoms with Gasteiger partial charge in [0.15, 0.2) is 5.75 Å². The summed E-state index contributed by atoms with van der Waals surface area (Å²) in [6.07, 6.45) is 0. The predicted molar refractivity (Wildman–Crippen MR) is 59.0 cm³/mol. The summed E-state index contributed by atoms with van der Waals surface area (Å²) in [7, 11) is 0. The molecule has 0 aliphatic carbocycles. The first kappa shape index (κ1) is 9.80. The van der Waals surface area contributed by atoms with Crippen molar-refractivity contribution in [2.45, 2.75) is 0 Å². The Morgan fingerprint density at radius 2 is 1.88 bits per heavy atom. The van der Waals surface area contributed by atoms with Gasteiger partial charge in [-0.1, -0.05) is 18.2 Å². The van der Waals surface area contributed by atoms with E-state index in [0.29, 0.717) is 10.9 Å². The lowest BCUT2D eigenvalue weighted by atomic mass is 9.94. The van der Waals surface area contributed by atoms with Gasteiger partial charge in [0.2, 0.25) is 0 Å². The van der Waals surface area contributed by atoms with E-state index in [1.165, 1.54) is 6.07 Å². The second-order valence-corrected chi connectivity index (χ2v) is 3.72.